The number of carbonyl (C=O) groups excluding carboxylic acids is 1. The number of ether oxygens (including phenoxy) is 2. The second-order valence-electron chi connectivity index (χ2n) is 5.07. The summed E-state index contributed by atoms with van der Waals surface area (Å²) in [6.45, 7) is 1.13. The molecule has 4 nitrogen and oxygen atoms in total. The minimum absolute atomic E-state index is 0.247. The van der Waals surface area contributed by atoms with Crippen molar-refractivity contribution >= 4 is 23.3 Å². The second kappa shape index (κ2) is 6.71. The van der Waals surface area contributed by atoms with Gasteiger partial charge in [0.25, 0.3) is 0 Å². The topological polar surface area (TPSA) is 38.8 Å². The van der Waals surface area contributed by atoms with Crippen molar-refractivity contribution < 1.29 is 14.3 Å². The van der Waals surface area contributed by atoms with E-state index in [1.165, 1.54) is 0 Å². The maximum absolute atomic E-state index is 11.8. The van der Waals surface area contributed by atoms with Crippen LogP contribution in [0.25, 0.3) is 0 Å². The van der Waals surface area contributed by atoms with Gasteiger partial charge in [-0.15, -0.1) is 0 Å². The Morgan fingerprint density at radius 3 is 2.64 bits per heavy atom. The van der Waals surface area contributed by atoms with Gasteiger partial charge in [-0.1, -0.05) is 41.9 Å². The van der Waals surface area contributed by atoms with Gasteiger partial charge in [-0.05, 0) is 24.3 Å². The molecule has 0 aliphatic carbocycles. The molecule has 1 unspecified atom stereocenters. The monoisotopic (exact) mass is 317 g/mol. The molecule has 0 aromatic heterocycles. The molecule has 5 heteroatoms. The molecule has 1 saturated heterocycles. The van der Waals surface area contributed by atoms with Gasteiger partial charge in [0.15, 0.2) is 6.10 Å². The van der Waals surface area contributed by atoms with Crippen LogP contribution in [-0.2, 0) is 9.53 Å². The van der Waals surface area contributed by atoms with E-state index in [4.69, 9.17) is 21.1 Å². The molecular weight excluding hydrogens is 302 g/mol. The lowest BCUT2D eigenvalue weighted by Crippen LogP contribution is -2.47. The summed E-state index contributed by atoms with van der Waals surface area (Å²) in [5, 5.41) is 0.546. The van der Waals surface area contributed by atoms with Crippen molar-refractivity contribution in [3.05, 3.63) is 59.6 Å². The van der Waals surface area contributed by atoms with E-state index >= 15 is 0 Å². The Kier molecular flexibility index (Phi) is 4.49. The number of benzene rings is 2. The second-order valence-corrected chi connectivity index (χ2v) is 5.48. The van der Waals surface area contributed by atoms with Crippen molar-refractivity contribution in [1.29, 1.82) is 0 Å². The van der Waals surface area contributed by atoms with Crippen LogP contribution in [0.2, 0.25) is 5.02 Å². The predicted molar refractivity (Wildman–Crippen MR) is 85.5 cm³/mol. The molecule has 1 aliphatic heterocycles. The molecule has 0 radical (unpaired) electrons. The summed E-state index contributed by atoms with van der Waals surface area (Å²) in [4.78, 5) is 13.8. The molecule has 1 heterocycles. The van der Waals surface area contributed by atoms with Crippen LogP contribution < -0.4 is 9.64 Å². The molecule has 1 atom stereocenters. The highest BCUT2D eigenvalue weighted by molar-refractivity contribution is 6.32. The van der Waals surface area contributed by atoms with Crippen LogP contribution in [0.4, 0.5) is 5.69 Å². The van der Waals surface area contributed by atoms with Crippen LogP contribution >= 0.6 is 11.6 Å². The summed E-state index contributed by atoms with van der Waals surface area (Å²) in [5.74, 6) is 0.347. The number of hydrogen-bond donors (Lipinski definition) is 0. The van der Waals surface area contributed by atoms with Crippen LogP contribution in [0, 0.1) is 0 Å². The normalized spacial score (nSPS) is 18.0. The zero-order chi connectivity index (χ0) is 15.4. The van der Waals surface area contributed by atoms with Gasteiger partial charge in [0.05, 0.1) is 11.6 Å². The van der Waals surface area contributed by atoms with Crippen molar-refractivity contribution in [3.63, 3.8) is 0 Å². The van der Waals surface area contributed by atoms with E-state index < -0.39 is 0 Å². The molecule has 1 aliphatic rings. The lowest BCUT2D eigenvalue weighted by Gasteiger charge is -2.33. The maximum Gasteiger partial charge on any atom is 0.326 e. The molecule has 22 heavy (non-hydrogen) atoms. The number of cyclic esters (lactones) is 1. The van der Waals surface area contributed by atoms with Gasteiger partial charge in [0.1, 0.15) is 18.9 Å². The van der Waals surface area contributed by atoms with E-state index in [0.717, 1.165) is 5.69 Å². The summed E-state index contributed by atoms with van der Waals surface area (Å²) in [6, 6.07) is 17.0. The number of para-hydroxylation sites is 2. The van der Waals surface area contributed by atoms with Crippen molar-refractivity contribution in [2.24, 2.45) is 0 Å². The number of nitrogens with zero attached hydrogens (tertiary/aromatic N) is 1. The van der Waals surface area contributed by atoms with E-state index in [9.17, 15) is 4.79 Å². The smallest absolute Gasteiger partial charge is 0.326 e. The molecule has 0 bridgehead atoms. The Bertz CT molecular complexity index is 647. The van der Waals surface area contributed by atoms with E-state index in [2.05, 4.69) is 0 Å². The van der Waals surface area contributed by atoms with Gasteiger partial charge in [0, 0.05) is 5.69 Å². The highest BCUT2D eigenvalue weighted by Gasteiger charge is 2.27. The Morgan fingerprint density at radius 1 is 1.14 bits per heavy atom. The molecule has 3 rings (SSSR count). The third-order valence-corrected chi connectivity index (χ3v) is 3.74. The molecule has 0 spiro atoms. The Labute approximate surface area is 134 Å². The number of esters is 1. The van der Waals surface area contributed by atoms with Crippen LogP contribution in [-0.4, -0.2) is 31.8 Å². The first-order valence-corrected chi connectivity index (χ1v) is 7.47. The minimum atomic E-state index is -0.322. The van der Waals surface area contributed by atoms with Crippen LogP contribution in [0.3, 0.4) is 0 Å². The molecule has 2 aromatic rings. The third kappa shape index (κ3) is 3.52. The Balaban J connectivity index is 1.64. The van der Waals surface area contributed by atoms with Crippen molar-refractivity contribution in [2.75, 3.05) is 24.6 Å². The maximum atomic E-state index is 11.8. The van der Waals surface area contributed by atoms with Crippen LogP contribution in [0.1, 0.15) is 0 Å². The Hall–Kier alpha value is -2.20. The van der Waals surface area contributed by atoms with Gasteiger partial charge in [-0.3, -0.25) is 4.79 Å². The Morgan fingerprint density at radius 2 is 1.86 bits per heavy atom. The highest BCUT2D eigenvalue weighted by atomic mass is 35.5. The fraction of sp³-hybridized carbons (Fsp3) is 0.235. The summed E-state index contributed by atoms with van der Waals surface area (Å²) >= 11 is 6.05. The first-order chi connectivity index (χ1) is 10.7. The zero-order valence-corrected chi connectivity index (χ0v) is 12.7. The fourth-order valence-corrected chi connectivity index (χ4v) is 2.58. The van der Waals surface area contributed by atoms with Gasteiger partial charge < -0.3 is 14.4 Å². The summed E-state index contributed by atoms with van der Waals surface area (Å²) in [5.41, 5.74) is 1.00. The average molecular weight is 318 g/mol. The SMILES string of the molecule is O=C1CN(c2ccccc2)CC(COc2ccccc2Cl)O1. The molecule has 0 saturated carbocycles. The summed E-state index contributed by atoms with van der Waals surface area (Å²) in [6.07, 6.45) is -0.322. The quantitative estimate of drug-likeness (QED) is 0.812. The lowest BCUT2D eigenvalue weighted by atomic mass is 10.2. The summed E-state index contributed by atoms with van der Waals surface area (Å²) < 4.78 is 11.0. The van der Waals surface area contributed by atoms with Crippen molar-refractivity contribution in [2.45, 2.75) is 6.10 Å². The molecule has 2 aromatic carbocycles. The number of morpholine rings is 1. The number of carbonyl (C=O) groups is 1. The summed E-state index contributed by atoms with van der Waals surface area (Å²) in [7, 11) is 0. The van der Waals surface area contributed by atoms with Crippen molar-refractivity contribution in [1.82, 2.24) is 0 Å². The predicted octanol–water partition coefficient (Wildman–Crippen LogP) is 3.15. The lowest BCUT2D eigenvalue weighted by molar-refractivity contribution is -0.151. The third-order valence-electron chi connectivity index (χ3n) is 3.42. The number of rotatable bonds is 4. The largest absolute Gasteiger partial charge is 0.488 e. The first-order valence-electron chi connectivity index (χ1n) is 7.09. The van der Waals surface area contributed by atoms with E-state index in [1.54, 1.807) is 12.1 Å². The molecule has 1 fully saturated rings. The van der Waals surface area contributed by atoms with E-state index in [-0.39, 0.29) is 25.2 Å². The zero-order valence-electron chi connectivity index (χ0n) is 11.9. The van der Waals surface area contributed by atoms with Crippen LogP contribution in [0.5, 0.6) is 5.75 Å². The number of halogens is 1. The molecule has 0 N–H and O–H groups in total. The highest BCUT2D eigenvalue weighted by Crippen LogP contribution is 2.24. The van der Waals surface area contributed by atoms with Gasteiger partial charge in [-0.2, -0.15) is 0 Å². The van der Waals surface area contributed by atoms with Gasteiger partial charge in [-0.25, -0.2) is 0 Å². The number of anilines is 1. The van der Waals surface area contributed by atoms with E-state index in [0.29, 0.717) is 17.3 Å². The van der Waals surface area contributed by atoms with Crippen molar-refractivity contribution in [3.8, 4) is 5.75 Å². The van der Waals surface area contributed by atoms with E-state index in [1.807, 2.05) is 47.4 Å². The first kappa shape index (κ1) is 14.7. The molecule has 114 valence electrons. The van der Waals surface area contributed by atoms with Gasteiger partial charge in [0.2, 0.25) is 0 Å². The number of hydrogen-bond acceptors (Lipinski definition) is 4. The molecular formula is C17H16ClNO3. The standard InChI is InChI=1S/C17H16ClNO3/c18-15-8-4-5-9-16(15)21-12-14-10-19(11-17(20)22-14)13-6-2-1-3-7-13/h1-9,14H,10-12H2. The van der Waals surface area contributed by atoms with Crippen LogP contribution in [0.15, 0.2) is 54.6 Å². The fourth-order valence-electron chi connectivity index (χ4n) is 2.39. The average Bonchev–Trinajstić information content (AvgIpc) is 2.54. The van der Waals surface area contributed by atoms with Gasteiger partial charge >= 0.3 is 5.97 Å². The minimum Gasteiger partial charge on any atom is -0.488 e. The molecule has 0 amide bonds.